The van der Waals surface area contributed by atoms with Gasteiger partial charge in [0.1, 0.15) is 11.5 Å². The molecule has 1 aromatic heterocycles. The van der Waals surface area contributed by atoms with Crippen molar-refractivity contribution in [2.45, 2.75) is 39.7 Å². The van der Waals surface area contributed by atoms with Crippen molar-refractivity contribution in [2.24, 2.45) is 0 Å². The third-order valence-electron chi connectivity index (χ3n) is 6.86. The number of thiazole rings is 1. The SMILES string of the molecule is CCCCOc1cccc(/C(O)=C2\C(=O)C(=O)N(c3nc4c(C)cc(C)cc4s3)C2c2ccc(O)c(OC)c2)c1. The second-order valence-electron chi connectivity index (χ2n) is 9.76. The Kier molecular flexibility index (Phi) is 7.49. The molecule has 0 aliphatic carbocycles. The number of aliphatic hydroxyl groups excluding tert-OH is 1. The molecule has 4 aromatic rings. The fourth-order valence-corrected chi connectivity index (χ4v) is 6.06. The molecule has 1 saturated heterocycles. The Hall–Kier alpha value is -4.37. The number of methoxy groups -OCH3 is 1. The van der Waals surface area contributed by atoms with Gasteiger partial charge in [-0.3, -0.25) is 14.5 Å². The lowest BCUT2D eigenvalue weighted by Gasteiger charge is -2.23. The summed E-state index contributed by atoms with van der Waals surface area (Å²) in [6.45, 7) is 6.53. The van der Waals surface area contributed by atoms with Crippen LogP contribution in [-0.4, -0.2) is 40.6 Å². The molecule has 2 heterocycles. The molecule has 0 spiro atoms. The highest BCUT2D eigenvalue weighted by Crippen LogP contribution is 2.46. The van der Waals surface area contributed by atoms with Crippen LogP contribution in [0.25, 0.3) is 16.0 Å². The Labute approximate surface area is 236 Å². The minimum atomic E-state index is -1.01. The van der Waals surface area contributed by atoms with Crippen LogP contribution in [0.5, 0.6) is 17.2 Å². The van der Waals surface area contributed by atoms with Gasteiger partial charge in [0.05, 0.1) is 35.5 Å². The number of fused-ring (bicyclic) bond motifs is 1. The normalized spacial score (nSPS) is 16.6. The molecule has 1 aliphatic heterocycles. The molecule has 206 valence electrons. The number of ketones is 1. The van der Waals surface area contributed by atoms with Gasteiger partial charge in [0, 0.05) is 5.56 Å². The summed E-state index contributed by atoms with van der Waals surface area (Å²) in [5.74, 6) is -1.34. The van der Waals surface area contributed by atoms with Gasteiger partial charge in [0.2, 0.25) is 0 Å². The van der Waals surface area contributed by atoms with Crippen molar-refractivity contribution in [3.05, 3.63) is 82.4 Å². The summed E-state index contributed by atoms with van der Waals surface area (Å²) < 4.78 is 12.0. The van der Waals surface area contributed by atoms with E-state index < -0.39 is 17.7 Å². The topological polar surface area (TPSA) is 109 Å². The number of anilines is 1. The second-order valence-corrected chi connectivity index (χ2v) is 10.8. The second kappa shape index (κ2) is 11.0. The van der Waals surface area contributed by atoms with Crippen LogP contribution in [0.2, 0.25) is 0 Å². The molecule has 0 radical (unpaired) electrons. The Bertz CT molecular complexity index is 1660. The number of Topliss-reactive ketones (excluding diaryl/α,β-unsaturated/α-hetero) is 1. The number of rotatable bonds is 8. The van der Waals surface area contributed by atoms with Gasteiger partial charge in [0.25, 0.3) is 5.78 Å². The van der Waals surface area contributed by atoms with Crippen LogP contribution in [0.3, 0.4) is 0 Å². The molecule has 40 heavy (non-hydrogen) atoms. The van der Waals surface area contributed by atoms with Gasteiger partial charge >= 0.3 is 5.91 Å². The monoisotopic (exact) mass is 558 g/mol. The highest BCUT2D eigenvalue weighted by atomic mass is 32.1. The summed E-state index contributed by atoms with van der Waals surface area (Å²) in [5.41, 5.74) is 3.48. The molecule has 1 aliphatic rings. The van der Waals surface area contributed by atoms with Crippen molar-refractivity contribution in [1.82, 2.24) is 4.98 Å². The van der Waals surface area contributed by atoms with Gasteiger partial charge in [-0.15, -0.1) is 0 Å². The van der Waals surface area contributed by atoms with Gasteiger partial charge < -0.3 is 19.7 Å². The van der Waals surface area contributed by atoms with Gasteiger partial charge in [0.15, 0.2) is 16.6 Å². The lowest BCUT2D eigenvalue weighted by Crippen LogP contribution is -2.29. The number of unbranched alkanes of at least 4 members (excludes halogenated alkanes) is 1. The molecule has 9 heteroatoms. The minimum Gasteiger partial charge on any atom is -0.507 e. The van der Waals surface area contributed by atoms with Crippen LogP contribution in [0.4, 0.5) is 5.13 Å². The molecule has 1 unspecified atom stereocenters. The fraction of sp³-hybridized carbons (Fsp3) is 0.258. The summed E-state index contributed by atoms with van der Waals surface area (Å²) >= 11 is 1.30. The van der Waals surface area contributed by atoms with E-state index in [1.807, 2.05) is 26.0 Å². The average molecular weight is 559 g/mol. The zero-order chi connectivity index (χ0) is 28.6. The number of hydrogen-bond donors (Lipinski definition) is 2. The molecule has 1 atom stereocenters. The molecule has 8 nitrogen and oxygen atoms in total. The number of aromatic hydroxyl groups is 1. The summed E-state index contributed by atoms with van der Waals surface area (Å²) in [6.07, 6.45) is 1.86. The van der Waals surface area contributed by atoms with Gasteiger partial charge in [-0.1, -0.05) is 48.9 Å². The molecule has 2 N–H and O–H groups in total. The predicted octanol–water partition coefficient (Wildman–Crippen LogP) is 6.43. The first-order valence-corrected chi connectivity index (χ1v) is 13.8. The first-order chi connectivity index (χ1) is 19.2. The molecule has 5 rings (SSSR count). The number of aliphatic hydroxyl groups is 1. The third-order valence-corrected chi connectivity index (χ3v) is 7.86. The zero-order valence-electron chi connectivity index (χ0n) is 22.7. The number of benzene rings is 3. The summed E-state index contributed by atoms with van der Waals surface area (Å²) in [6, 6.07) is 14.4. The predicted molar refractivity (Wildman–Crippen MR) is 155 cm³/mol. The van der Waals surface area contributed by atoms with Crippen molar-refractivity contribution in [2.75, 3.05) is 18.6 Å². The van der Waals surface area contributed by atoms with Gasteiger partial charge in [-0.2, -0.15) is 0 Å². The first kappa shape index (κ1) is 27.2. The van der Waals surface area contributed by atoms with Crippen LogP contribution in [0.15, 0.2) is 60.2 Å². The van der Waals surface area contributed by atoms with E-state index in [1.165, 1.54) is 29.4 Å². The zero-order valence-corrected chi connectivity index (χ0v) is 23.5. The summed E-state index contributed by atoms with van der Waals surface area (Å²) in [5, 5.41) is 22.1. The number of phenolic OH excluding ortho intramolecular Hbond substituents is 1. The van der Waals surface area contributed by atoms with Crippen LogP contribution >= 0.6 is 11.3 Å². The van der Waals surface area contributed by atoms with Gasteiger partial charge in [-0.25, -0.2) is 4.98 Å². The number of aryl methyl sites for hydroxylation is 2. The maximum atomic E-state index is 13.6. The Morgan fingerprint density at radius 2 is 1.90 bits per heavy atom. The van der Waals surface area contributed by atoms with E-state index in [1.54, 1.807) is 36.4 Å². The number of amides is 1. The lowest BCUT2D eigenvalue weighted by molar-refractivity contribution is -0.132. The molecule has 1 amide bonds. The first-order valence-electron chi connectivity index (χ1n) is 13.0. The van der Waals surface area contributed by atoms with E-state index >= 15 is 0 Å². The maximum Gasteiger partial charge on any atom is 0.301 e. The fourth-order valence-electron chi connectivity index (χ4n) is 4.89. The standard InChI is InChI=1S/C31H30N2O6S/c1-5-6-12-39-21-9-7-8-20(15-21)28(35)25-27(19-10-11-22(34)23(16-19)38-4)33(30(37)29(25)36)31-32-26-18(3)13-17(2)14-24(26)40-31/h7-11,13-16,27,34-35H,5-6,12H2,1-4H3/b28-25+. The Morgan fingerprint density at radius 3 is 2.65 bits per heavy atom. The van der Waals surface area contributed by atoms with E-state index in [0.717, 1.165) is 34.2 Å². The number of hydrogen-bond acceptors (Lipinski definition) is 8. The third kappa shape index (κ3) is 4.88. The van der Waals surface area contributed by atoms with Crippen molar-refractivity contribution in [1.29, 1.82) is 0 Å². The van der Waals surface area contributed by atoms with Crippen LogP contribution in [0, 0.1) is 13.8 Å². The maximum absolute atomic E-state index is 13.6. The van der Waals surface area contributed by atoms with Crippen LogP contribution < -0.4 is 14.4 Å². The number of carbonyl (C=O) groups excluding carboxylic acids is 2. The number of carbonyl (C=O) groups is 2. The van der Waals surface area contributed by atoms with E-state index in [-0.39, 0.29) is 22.8 Å². The van der Waals surface area contributed by atoms with E-state index in [2.05, 4.69) is 6.92 Å². The largest absolute Gasteiger partial charge is 0.507 e. The number of nitrogens with zero attached hydrogens (tertiary/aromatic N) is 2. The van der Waals surface area contributed by atoms with Crippen molar-refractivity contribution >= 4 is 44.1 Å². The number of phenols is 1. The van der Waals surface area contributed by atoms with Crippen LogP contribution in [-0.2, 0) is 9.59 Å². The summed E-state index contributed by atoms with van der Waals surface area (Å²) in [4.78, 5) is 33.3. The Balaban J connectivity index is 1.69. The number of ether oxygens (including phenoxy) is 2. The molecular formula is C31H30N2O6S. The summed E-state index contributed by atoms with van der Waals surface area (Å²) in [7, 11) is 1.42. The quantitative estimate of drug-likeness (QED) is 0.111. The average Bonchev–Trinajstić information content (AvgIpc) is 3.47. The van der Waals surface area contributed by atoms with E-state index in [9.17, 15) is 19.8 Å². The van der Waals surface area contributed by atoms with Crippen molar-refractivity contribution in [3.8, 4) is 17.2 Å². The smallest absolute Gasteiger partial charge is 0.301 e. The van der Waals surface area contributed by atoms with Crippen molar-refractivity contribution in [3.63, 3.8) is 0 Å². The molecule has 1 fully saturated rings. The van der Waals surface area contributed by atoms with Crippen molar-refractivity contribution < 1.29 is 29.3 Å². The highest BCUT2D eigenvalue weighted by Gasteiger charge is 2.48. The molecule has 0 bridgehead atoms. The minimum absolute atomic E-state index is 0.0874. The van der Waals surface area contributed by atoms with E-state index in [0.29, 0.717) is 28.6 Å². The Morgan fingerprint density at radius 1 is 1.10 bits per heavy atom. The highest BCUT2D eigenvalue weighted by molar-refractivity contribution is 7.22. The number of aromatic nitrogens is 1. The lowest BCUT2D eigenvalue weighted by atomic mass is 9.95. The van der Waals surface area contributed by atoms with Gasteiger partial charge in [-0.05, 0) is 67.3 Å². The molecule has 0 saturated carbocycles. The molecule has 3 aromatic carbocycles. The molecular weight excluding hydrogens is 528 g/mol. The van der Waals surface area contributed by atoms with Crippen LogP contribution in [0.1, 0.15) is 48.1 Å². The van der Waals surface area contributed by atoms with E-state index in [4.69, 9.17) is 14.5 Å².